The molecule has 2 rings (SSSR count). The van der Waals surface area contributed by atoms with Crippen molar-refractivity contribution < 1.29 is 14.6 Å². The number of ether oxygens (including phenoxy) is 1. The minimum absolute atomic E-state index is 0.0729. The third-order valence-corrected chi connectivity index (χ3v) is 3.78. The second kappa shape index (κ2) is 7.29. The number of aryl methyl sites for hydroxylation is 2. The Morgan fingerprint density at radius 3 is 2.30 bits per heavy atom. The molecular formula is C19H23NO3. The van der Waals surface area contributed by atoms with Crippen molar-refractivity contribution in [1.29, 1.82) is 0 Å². The number of amides is 1. The van der Waals surface area contributed by atoms with Gasteiger partial charge >= 0.3 is 0 Å². The van der Waals surface area contributed by atoms with Crippen LogP contribution >= 0.6 is 0 Å². The van der Waals surface area contributed by atoms with Crippen LogP contribution in [0.3, 0.4) is 0 Å². The minimum atomic E-state index is -1.12. The number of rotatable bonds is 6. The van der Waals surface area contributed by atoms with Gasteiger partial charge in [-0.1, -0.05) is 48.5 Å². The molecule has 2 aromatic rings. The molecule has 1 unspecified atom stereocenters. The van der Waals surface area contributed by atoms with E-state index in [0.29, 0.717) is 0 Å². The topological polar surface area (TPSA) is 58.6 Å². The Labute approximate surface area is 137 Å². The molecular weight excluding hydrogens is 290 g/mol. The first-order valence-corrected chi connectivity index (χ1v) is 7.64. The Bertz CT molecular complexity index is 645. The van der Waals surface area contributed by atoms with Crippen LogP contribution in [0.5, 0.6) is 5.75 Å². The summed E-state index contributed by atoms with van der Waals surface area (Å²) in [6, 6.07) is 15.1. The average molecular weight is 313 g/mol. The zero-order valence-corrected chi connectivity index (χ0v) is 13.8. The monoisotopic (exact) mass is 313 g/mol. The van der Waals surface area contributed by atoms with E-state index >= 15 is 0 Å². The van der Waals surface area contributed by atoms with E-state index in [1.54, 1.807) is 6.92 Å². The van der Waals surface area contributed by atoms with Gasteiger partial charge in [-0.2, -0.15) is 0 Å². The fourth-order valence-electron chi connectivity index (χ4n) is 2.39. The third kappa shape index (κ3) is 4.57. The highest BCUT2D eigenvalue weighted by Gasteiger charge is 2.23. The van der Waals surface area contributed by atoms with Crippen LogP contribution in [-0.2, 0) is 10.4 Å². The summed E-state index contributed by atoms with van der Waals surface area (Å²) in [5.41, 5.74) is 1.63. The lowest BCUT2D eigenvalue weighted by Gasteiger charge is -2.24. The molecule has 0 aliphatic heterocycles. The van der Waals surface area contributed by atoms with E-state index in [1.807, 2.05) is 62.4 Å². The molecule has 4 heteroatoms. The Morgan fingerprint density at radius 1 is 1.09 bits per heavy atom. The standard InChI is InChI=1S/C19H23NO3/c1-14-8-7-9-15(2)18(14)23-12-17(21)20-13-19(3,22)16-10-5-4-6-11-16/h4-11,22H,12-13H2,1-3H3,(H,20,21). The number of carbonyl (C=O) groups excluding carboxylic acids is 1. The van der Waals surface area contributed by atoms with Crippen molar-refractivity contribution in [2.45, 2.75) is 26.4 Å². The van der Waals surface area contributed by atoms with Gasteiger partial charge in [-0.3, -0.25) is 4.79 Å². The summed E-state index contributed by atoms with van der Waals surface area (Å²) >= 11 is 0. The quantitative estimate of drug-likeness (QED) is 0.862. The van der Waals surface area contributed by atoms with Gasteiger partial charge in [0.2, 0.25) is 0 Å². The van der Waals surface area contributed by atoms with Crippen molar-refractivity contribution in [3.63, 3.8) is 0 Å². The Morgan fingerprint density at radius 2 is 1.70 bits per heavy atom. The van der Waals surface area contributed by atoms with Crippen LogP contribution in [0.2, 0.25) is 0 Å². The van der Waals surface area contributed by atoms with Crippen molar-refractivity contribution >= 4 is 5.91 Å². The molecule has 122 valence electrons. The molecule has 0 bridgehead atoms. The molecule has 0 aliphatic rings. The summed E-state index contributed by atoms with van der Waals surface area (Å²) in [6.45, 7) is 5.62. The number of carbonyl (C=O) groups is 1. The molecule has 0 fully saturated rings. The molecule has 0 spiro atoms. The summed E-state index contributed by atoms with van der Waals surface area (Å²) in [6.07, 6.45) is 0. The van der Waals surface area contributed by atoms with Crippen LogP contribution in [0, 0.1) is 13.8 Å². The lowest BCUT2D eigenvalue weighted by atomic mass is 9.96. The number of hydrogen-bond acceptors (Lipinski definition) is 3. The Balaban J connectivity index is 1.88. The van der Waals surface area contributed by atoms with E-state index in [1.165, 1.54) is 0 Å². The molecule has 0 heterocycles. The molecule has 1 atom stereocenters. The molecule has 2 aromatic carbocycles. The van der Waals surface area contributed by atoms with Crippen molar-refractivity contribution in [3.8, 4) is 5.75 Å². The highest BCUT2D eigenvalue weighted by atomic mass is 16.5. The Kier molecular flexibility index (Phi) is 5.40. The van der Waals surface area contributed by atoms with E-state index in [2.05, 4.69) is 5.32 Å². The molecule has 1 amide bonds. The predicted octanol–water partition coefficient (Wildman–Crippen LogP) is 2.71. The summed E-state index contributed by atoms with van der Waals surface area (Å²) in [5.74, 6) is 0.473. The van der Waals surface area contributed by atoms with Gasteiger partial charge in [0.05, 0.1) is 6.54 Å². The van der Waals surface area contributed by atoms with Crippen LogP contribution < -0.4 is 10.1 Å². The SMILES string of the molecule is Cc1cccc(C)c1OCC(=O)NCC(C)(O)c1ccccc1. The van der Waals surface area contributed by atoms with Crippen LogP contribution in [0.15, 0.2) is 48.5 Å². The number of para-hydroxylation sites is 1. The summed E-state index contributed by atoms with van der Waals surface area (Å²) in [7, 11) is 0. The summed E-state index contributed by atoms with van der Waals surface area (Å²) < 4.78 is 5.61. The number of benzene rings is 2. The van der Waals surface area contributed by atoms with Gasteiger partial charge in [-0.25, -0.2) is 0 Å². The first-order valence-electron chi connectivity index (χ1n) is 7.64. The van der Waals surface area contributed by atoms with Crippen LogP contribution in [0.4, 0.5) is 0 Å². The second-order valence-corrected chi connectivity index (χ2v) is 5.93. The fourth-order valence-corrected chi connectivity index (χ4v) is 2.39. The first kappa shape index (κ1) is 17.0. The van der Waals surface area contributed by atoms with Crippen molar-refractivity contribution in [1.82, 2.24) is 5.32 Å². The zero-order chi connectivity index (χ0) is 16.9. The predicted molar refractivity (Wildman–Crippen MR) is 90.4 cm³/mol. The van der Waals surface area contributed by atoms with Crippen LogP contribution in [-0.4, -0.2) is 24.2 Å². The van der Waals surface area contributed by atoms with E-state index in [9.17, 15) is 9.90 Å². The van der Waals surface area contributed by atoms with Gasteiger partial charge in [0.15, 0.2) is 6.61 Å². The molecule has 4 nitrogen and oxygen atoms in total. The number of hydrogen-bond donors (Lipinski definition) is 2. The average Bonchev–Trinajstić information content (AvgIpc) is 2.53. The number of nitrogens with one attached hydrogen (secondary N) is 1. The molecule has 0 radical (unpaired) electrons. The molecule has 0 aliphatic carbocycles. The summed E-state index contributed by atoms with van der Waals surface area (Å²) in [4.78, 5) is 12.0. The van der Waals surface area contributed by atoms with Gasteiger partial charge in [0, 0.05) is 0 Å². The van der Waals surface area contributed by atoms with Crippen LogP contribution in [0.25, 0.3) is 0 Å². The molecule has 2 N–H and O–H groups in total. The van der Waals surface area contributed by atoms with Crippen molar-refractivity contribution in [3.05, 3.63) is 65.2 Å². The molecule has 23 heavy (non-hydrogen) atoms. The van der Waals surface area contributed by atoms with Crippen LogP contribution in [0.1, 0.15) is 23.6 Å². The lowest BCUT2D eigenvalue weighted by Crippen LogP contribution is -2.40. The highest BCUT2D eigenvalue weighted by molar-refractivity contribution is 5.77. The van der Waals surface area contributed by atoms with Crippen molar-refractivity contribution in [2.24, 2.45) is 0 Å². The van der Waals surface area contributed by atoms with E-state index in [4.69, 9.17) is 4.74 Å². The maximum atomic E-state index is 12.0. The van der Waals surface area contributed by atoms with E-state index in [-0.39, 0.29) is 19.1 Å². The first-order chi connectivity index (χ1) is 10.9. The fraction of sp³-hybridized carbons (Fsp3) is 0.316. The van der Waals surface area contributed by atoms with Gasteiger partial charge in [-0.15, -0.1) is 0 Å². The largest absolute Gasteiger partial charge is 0.483 e. The second-order valence-electron chi connectivity index (χ2n) is 5.93. The molecule has 0 saturated carbocycles. The maximum Gasteiger partial charge on any atom is 0.258 e. The Hall–Kier alpha value is -2.33. The normalized spacial score (nSPS) is 13.2. The minimum Gasteiger partial charge on any atom is -0.483 e. The van der Waals surface area contributed by atoms with E-state index in [0.717, 1.165) is 22.4 Å². The molecule has 0 saturated heterocycles. The van der Waals surface area contributed by atoms with Gasteiger partial charge in [0.1, 0.15) is 11.4 Å². The van der Waals surface area contributed by atoms with Gasteiger partial charge in [0.25, 0.3) is 5.91 Å². The summed E-state index contributed by atoms with van der Waals surface area (Å²) in [5, 5.41) is 13.2. The number of aliphatic hydroxyl groups is 1. The lowest BCUT2D eigenvalue weighted by molar-refractivity contribution is -0.124. The van der Waals surface area contributed by atoms with E-state index < -0.39 is 5.60 Å². The molecule has 0 aromatic heterocycles. The van der Waals surface area contributed by atoms with Gasteiger partial charge < -0.3 is 15.2 Å². The third-order valence-electron chi connectivity index (χ3n) is 3.78. The highest BCUT2D eigenvalue weighted by Crippen LogP contribution is 2.22. The zero-order valence-electron chi connectivity index (χ0n) is 13.8. The maximum absolute atomic E-state index is 12.0. The smallest absolute Gasteiger partial charge is 0.258 e. The van der Waals surface area contributed by atoms with Crippen molar-refractivity contribution in [2.75, 3.05) is 13.2 Å². The van der Waals surface area contributed by atoms with Gasteiger partial charge in [-0.05, 0) is 37.5 Å².